The van der Waals surface area contributed by atoms with E-state index in [-0.39, 0.29) is 5.91 Å². The molecule has 1 heterocycles. The predicted molar refractivity (Wildman–Crippen MR) is 88.5 cm³/mol. The van der Waals surface area contributed by atoms with E-state index < -0.39 is 0 Å². The average molecular weight is 296 g/mol. The number of rotatable bonds is 5. The zero-order chi connectivity index (χ0) is 15.9. The van der Waals surface area contributed by atoms with Crippen LogP contribution < -0.4 is 5.43 Å². The van der Waals surface area contributed by atoms with E-state index in [4.69, 9.17) is 0 Å². The Balaban J connectivity index is 1.98. The summed E-state index contributed by atoms with van der Waals surface area (Å²) in [5, 5.41) is 8.22. The molecule has 0 fully saturated rings. The molecule has 1 N–H and O–H groups in total. The van der Waals surface area contributed by atoms with Gasteiger partial charge in [0.15, 0.2) is 0 Å². The predicted octanol–water partition coefficient (Wildman–Crippen LogP) is 2.77. The second kappa shape index (κ2) is 7.36. The number of benzene rings is 1. The maximum Gasteiger partial charge on any atom is 0.267 e. The molecule has 0 saturated carbocycles. The van der Waals surface area contributed by atoms with Crippen molar-refractivity contribution in [2.24, 2.45) is 5.10 Å². The zero-order valence-corrected chi connectivity index (χ0v) is 13.1. The summed E-state index contributed by atoms with van der Waals surface area (Å²) in [6.45, 7) is 6.57. The molecule has 0 aliphatic carbocycles. The van der Waals surface area contributed by atoms with Gasteiger partial charge in [-0.2, -0.15) is 10.2 Å². The second-order valence-electron chi connectivity index (χ2n) is 4.94. The highest BCUT2D eigenvalue weighted by molar-refractivity contribution is 5.97. The fraction of sp³-hybridized carbons (Fsp3) is 0.235. The van der Waals surface area contributed by atoms with Crippen molar-refractivity contribution in [2.45, 2.75) is 27.3 Å². The van der Waals surface area contributed by atoms with Crippen LogP contribution in [0.5, 0.6) is 0 Å². The van der Waals surface area contributed by atoms with Gasteiger partial charge in [-0.15, -0.1) is 0 Å². The number of nitrogens with zero attached hydrogens (tertiary/aromatic N) is 3. The van der Waals surface area contributed by atoms with Gasteiger partial charge in [0.25, 0.3) is 5.91 Å². The average Bonchev–Trinajstić information content (AvgIpc) is 2.88. The number of hydrazone groups is 1. The first-order valence-electron chi connectivity index (χ1n) is 7.21. The molecular formula is C17H20N4O. The van der Waals surface area contributed by atoms with Crippen molar-refractivity contribution >= 4 is 18.2 Å². The highest BCUT2D eigenvalue weighted by Crippen LogP contribution is 2.06. The maximum absolute atomic E-state index is 12.0. The van der Waals surface area contributed by atoms with Crippen molar-refractivity contribution in [1.29, 1.82) is 0 Å². The summed E-state index contributed by atoms with van der Waals surface area (Å²) >= 11 is 0. The third-order valence-corrected chi connectivity index (χ3v) is 3.35. The van der Waals surface area contributed by atoms with Crippen molar-refractivity contribution in [3.05, 3.63) is 58.9 Å². The molecule has 114 valence electrons. The number of hydrogen-bond donors (Lipinski definition) is 1. The molecule has 0 saturated heterocycles. The molecule has 0 spiro atoms. The van der Waals surface area contributed by atoms with E-state index in [2.05, 4.69) is 15.6 Å². The minimum absolute atomic E-state index is 0.222. The number of aromatic nitrogens is 2. The number of carbonyl (C=O) groups excluding carboxylic acids is 1. The Morgan fingerprint density at radius 3 is 2.73 bits per heavy atom. The van der Waals surface area contributed by atoms with E-state index in [1.807, 2.05) is 54.9 Å². The standard InChI is InChI=1S/C17H20N4O/c1-4-21-14(3)16(12-19-21)11-18-20-17(22)13(2)10-15-8-6-5-7-9-15/h5-12H,4H2,1-3H3,(H,20,22)/b13-10+,18-11?. The number of aryl methyl sites for hydroxylation is 1. The molecule has 5 nitrogen and oxygen atoms in total. The molecule has 2 aromatic rings. The van der Waals surface area contributed by atoms with E-state index in [0.717, 1.165) is 23.4 Å². The summed E-state index contributed by atoms with van der Waals surface area (Å²) in [4.78, 5) is 12.0. The van der Waals surface area contributed by atoms with Gasteiger partial charge in [0.2, 0.25) is 0 Å². The van der Waals surface area contributed by atoms with E-state index in [0.29, 0.717) is 5.57 Å². The van der Waals surface area contributed by atoms with Gasteiger partial charge in [0, 0.05) is 23.4 Å². The molecule has 1 aromatic carbocycles. The molecule has 0 unspecified atom stereocenters. The summed E-state index contributed by atoms with van der Waals surface area (Å²) in [5.41, 5.74) is 6.04. The monoisotopic (exact) mass is 296 g/mol. The lowest BCUT2D eigenvalue weighted by atomic mass is 10.1. The van der Waals surface area contributed by atoms with E-state index in [1.165, 1.54) is 0 Å². The summed E-state index contributed by atoms with van der Waals surface area (Å²) < 4.78 is 1.88. The largest absolute Gasteiger partial charge is 0.269 e. The van der Waals surface area contributed by atoms with E-state index in [9.17, 15) is 4.79 Å². The van der Waals surface area contributed by atoms with Gasteiger partial charge in [-0.05, 0) is 32.4 Å². The number of amides is 1. The lowest BCUT2D eigenvalue weighted by molar-refractivity contribution is -0.117. The van der Waals surface area contributed by atoms with Gasteiger partial charge in [0.05, 0.1) is 12.4 Å². The molecule has 0 atom stereocenters. The molecule has 0 radical (unpaired) electrons. The normalized spacial score (nSPS) is 11.9. The lowest BCUT2D eigenvalue weighted by Crippen LogP contribution is -2.18. The van der Waals surface area contributed by atoms with Crippen molar-refractivity contribution < 1.29 is 4.79 Å². The molecular weight excluding hydrogens is 276 g/mol. The van der Waals surface area contributed by atoms with E-state index >= 15 is 0 Å². The van der Waals surface area contributed by atoms with Gasteiger partial charge >= 0.3 is 0 Å². The van der Waals surface area contributed by atoms with Crippen LogP contribution in [0.15, 0.2) is 47.2 Å². The van der Waals surface area contributed by atoms with Crippen LogP contribution in [0.4, 0.5) is 0 Å². The highest BCUT2D eigenvalue weighted by Gasteiger charge is 2.04. The van der Waals surface area contributed by atoms with Crippen LogP contribution in [0, 0.1) is 6.92 Å². The molecule has 0 aliphatic heterocycles. The molecule has 1 aromatic heterocycles. The third-order valence-electron chi connectivity index (χ3n) is 3.35. The van der Waals surface area contributed by atoms with Crippen LogP contribution >= 0.6 is 0 Å². The Labute approximate surface area is 130 Å². The minimum atomic E-state index is -0.222. The quantitative estimate of drug-likeness (QED) is 0.524. The van der Waals surface area contributed by atoms with Crippen molar-refractivity contribution in [3.63, 3.8) is 0 Å². The first-order chi connectivity index (χ1) is 10.6. The van der Waals surface area contributed by atoms with Gasteiger partial charge in [-0.3, -0.25) is 9.48 Å². The van der Waals surface area contributed by atoms with Gasteiger partial charge in [-0.1, -0.05) is 30.3 Å². The van der Waals surface area contributed by atoms with Crippen molar-refractivity contribution in [2.75, 3.05) is 0 Å². The summed E-state index contributed by atoms with van der Waals surface area (Å²) in [5.74, 6) is -0.222. The first kappa shape index (κ1) is 15.7. The lowest BCUT2D eigenvalue weighted by Gasteiger charge is -2.01. The smallest absolute Gasteiger partial charge is 0.267 e. The summed E-state index contributed by atoms with van der Waals surface area (Å²) in [6, 6.07) is 9.70. The maximum atomic E-state index is 12.0. The molecule has 0 bridgehead atoms. The Morgan fingerprint density at radius 2 is 2.09 bits per heavy atom. The van der Waals surface area contributed by atoms with Crippen molar-refractivity contribution in [3.8, 4) is 0 Å². The Bertz CT molecular complexity index is 699. The number of carbonyl (C=O) groups is 1. The third kappa shape index (κ3) is 3.91. The summed E-state index contributed by atoms with van der Waals surface area (Å²) in [6.07, 6.45) is 5.18. The Kier molecular flexibility index (Phi) is 5.25. The highest BCUT2D eigenvalue weighted by atomic mass is 16.2. The second-order valence-corrected chi connectivity index (χ2v) is 4.94. The Morgan fingerprint density at radius 1 is 1.36 bits per heavy atom. The van der Waals surface area contributed by atoms with E-state index in [1.54, 1.807) is 19.3 Å². The summed E-state index contributed by atoms with van der Waals surface area (Å²) in [7, 11) is 0. The van der Waals surface area contributed by atoms with Crippen molar-refractivity contribution in [1.82, 2.24) is 15.2 Å². The zero-order valence-electron chi connectivity index (χ0n) is 13.1. The Hall–Kier alpha value is -2.69. The van der Waals surface area contributed by atoms with Crippen LogP contribution in [-0.2, 0) is 11.3 Å². The fourth-order valence-electron chi connectivity index (χ4n) is 2.02. The van der Waals surface area contributed by atoms with Crippen LogP contribution in [0.3, 0.4) is 0 Å². The minimum Gasteiger partial charge on any atom is -0.269 e. The SMILES string of the molecule is CCn1ncc(C=NNC(=O)/C(C)=C/c2ccccc2)c1C. The van der Waals surface area contributed by atoms with Gasteiger partial charge in [-0.25, -0.2) is 5.43 Å². The van der Waals surface area contributed by atoms with Gasteiger partial charge in [0.1, 0.15) is 0 Å². The molecule has 1 amide bonds. The topological polar surface area (TPSA) is 59.3 Å². The fourth-order valence-corrected chi connectivity index (χ4v) is 2.02. The molecule has 5 heteroatoms. The number of nitrogens with one attached hydrogen (secondary N) is 1. The first-order valence-corrected chi connectivity index (χ1v) is 7.21. The molecule has 2 rings (SSSR count). The van der Waals surface area contributed by atoms with Crippen LogP contribution in [0.1, 0.15) is 30.7 Å². The number of hydrogen-bond acceptors (Lipinski definition) is 3. The van der Waals surface area contributed by atoms with Gasteiger partial charge < -0.3 is 0 Å². The molecule has 22 heavy (non-hydrogen) atoms. The molecule has 0 aliphatic rings. The van der Waals surface area contributed by atoms with Crippen LogP contribution in [-0.4, -0.2) is 21.9 Å². The van der Waals surface area contributed by atoms with Crippen LogP contribution in [0.25, 0.3) is 6.08 Å². The van der Waals surface area contributed by atoms with Crippen LogP contribution in [0.2, 0.25) is 0 Å².